The molecule has 0 aromatic carbocycles. The normalized spacial score (nSPS) is 21.5. The van der Waals surface area contributed by atoms with Crippen LogP contribution in [0.1, 0.15) is 116 Å². The van der Waals surface area contributed by atoms with Crippen molar-refractivity contribution in [1.82, 2.24) is 10.2 Å². The van der Waals surface area contributed by atoms with Crippen molar-refractivity contribution < 1.29 is 4.74 Å². The van der Waals surface area contributed by atoms with E-state index >= 15 is 0 Å². The Morgan fingerprint density at radius 2 is 1.65 bits per heavy atom. The van der Waals surface area contributed by atoms with E-state index in [1.54, 1.807) is 0 Å². The summed E-state index contributed by atoms with van der Waals surface area (Å²) in [4.78, 5) is 0. The van der Waals surface area contributed by atoms with Crippen LogP contribution in [0.2, 0.25) is 0 Å². The fraction of sp³-hybridized carbons (Fsp3) is 0.826. The highest BCUT2D eigenvalue weighted by atomic mass is 16.5. The second-order valence-corrected chi connectivity index (χ2v) is 8.29. The Morgan fingerprint density at radius 3 is 2.31 bits per heavy atom. The van der Waals surface area contributed by atoms with Crippen molar-refractivity contribution in [2.24, 2.45) is 5.92 Å². The molecular weight excluding hydrogens is 320 g/mol. The number of rotatable bonds is 12. The highest BCUT2D eigenvalue weighted by Crippen LogP contribution is 2.37. The molecule has 1 aromatic heterocycles. The zero-order valence-electron chi connectivity index (χ0n) is 17.4. The zero-order chi connectivity index (χ0) is 18.6. The summed E-state index contributed by atoms with van der Waals surface area (Å²) >= 11 is 0. The van der Waals surface area contributed by atoms with Crippen molar-refractivity contribution in [2.45, 2.75) is 116 Å². The quantitative estimate of drug-likeness (QED) is 0.374. The molecule has 3 heteroatoms. The standard InChI is InChI=1S/C23H40N2O/c1-4-6-8-10-11-19(3)26-23-18-17-22(24-25-23)21-15-13-20(14-16-21)12-9-7-5-2/h17-21H,4-16H2,1-3H3/t19-,20-,21-/m1/s1. The number of hydrogen-bond acceptors (Lipinski definition) is 3. The number of nitrogens with zero attached hydrogens (tertiary/aromatic N) is 2. The largest absolute Gasteiger partial charge is 0.474 e. The third-order valence-electron chi connectivity index (χ3n) is 5.93. The van der Waals surface area contributed by atoms with Crippen molar-refractivity contribution in [1.29, 1.82) is 0 Å². The molecule has 0 radical (unpaired) electrons. The maximum absolute atomic E-state index is 5.94. The Labute approximate surface area is 161 Å². The second-order valence-electron chi connectivity index (χ2n) is 8.29. The maximum atomic E-state index is 5.94. The summed E-state index contributed by atoms with van der Waals surface area (Å²) in [6, 6.07) is 4.17. The van der Waals surface area contributed by atoms with Crippen LogP contribution >= 0.6 is 0 Å². The molecule has 1 heterocycles. The van der Waals surface area contributed by atoms with Crippen molar-refractivity contribution in [3.05, 3.63) is 17.8 Å². The summed E-state index contributed by atoms with van der Waals surface area (Å²) in [5.74, 6) is 2.23. The van der Waals surface area contributed by atoms with E-state index in [1.165, 1.54) is 82.7 Å². The van der Waals surface area contributed by atoms with Gasteiger partial charge in [-0.2, -0.15) is 5.10 Å². The van der Waals surface area contributed by atoms with Gasteiger partial charge >= 0.3 is 0 Å². The molecule has 1 aliphatic carbocycles. The fourth-order valence-electron chi connectivity index (χ4n) is 4.16. The van der Waals surface area contributed by atoms with Gasteiger partial charge in [-0.05, 0) is 57.4 Å². The Kier molecular flexibility index (Phi) is 10.0. The monoisotopic (exact) mass is 360 g/mol. The number of hydrogen-bond donors (Lipinski definition) is 0. The second kappa shape index (κ2) is 12.3. The molecule has 0 unspecified atom stereocenters. The summed E-state index contributed by atoms with van der Waals surface area (Å²) in [6.07, 6.45) is 17.3. The minimum atomic E-state index is 0.227. The SMILES string of the molecule is CCCCCC[C@@H](C)Oc1ccc([C@H]2CC[C@H](CCCCC)CC2)nn1. The van der Waals surface area contributed by atoms with E-state index in [1.807, 2.05) is 6.07 Å². The molecule has 0 spiro atoms. The van der Waals surface area contributed by atoms with Crippen LogP contribution in [0.15, 0.2) is 12.1 Å². The van der Waals surface area contributed by atoms with E-state index < -0.39 is 0 Å². The molecule has 1 fully saturated rings. The van der Waals surface area contributed by atoms with Gasteiger partial charge in [0, 0.05) is 12.0 Å². The lowest BCUT2D eigenvalue weighted by atomic mass is 9.78. The minimum absolute atomic E-state index is 0.227. The average molecular weight is 361 g/mol. The molecule has 1 saturated carbocycles. The Bertz CT molecular complexity index is 466. The Balaban J connectivity index is 1.70. The van der Waals surface area contributed by atoms with Gasteiger partial charge < -0.3 is 4.74 Å². The molecule has 0 amide bonds. The zero-order valence-corrected chi connectivity index (χ0v) is 17.4. The average Bonchev–Trinajstić information content (AvgIpc) is 2.67. The van der Waals surface area contributed by atoms with E-state index in [4.69, 9.17) is 4.74 Å². The molecule has 0 saturated heterocycles. The summed E-state index contributed by atoms with van der Waals surface area (Å²) in [5.41, 5.74) is 1.17. The summed E-state index contributed by atoms with van der Waals surface area (Å²) in [5, 5.41) is 8.84. The molecule has 0 N–H and O–H groups in total. The van der Waals surface area contributed by atoms with Crippen LogP contribution < -0.4 is 4.74 Å². The molecule has 1 atom stereocenters. The lowest BCUT2D eigenvalue weighted by Gasteiger charge is -2.28. The molecule has 2 rings (SSSR count). The molecular formula is C23H40N2O. The first-order chi connectivity index (χ1) is 12.7. The van der Waals surface area contributed by atoms with Crippen LogP contribution in [0.25, 0.3) is 0 Å². The molecule has 1 aliphatic rings. The Morgan fingerprint density at radius 1 is 0.923 bits per heavy atom. The number of aromatic nitrogens is 2. The predicted octanol–water partition coefficient (Wildman–Crippen LogP) is 7.07. The molecule has 3 nitrogen and oxygen atoms in total. The van der Waals surface area contributed by atoms with Crippen LogP contribution in [0, 0.1) is 5.92 Å². The van der Waals surface area contributed by atoms with E-state index in [0.29, 0.717) is 11.8 Å². The minimum Gasteiger partial charge on any atom is -0.474 e. The van der Waals surface area contributed by atoms with Crippen LogP contribution in [0.3, 0.4) is 0 Å². The molecule has 26 heavy (non-hydrogen) atoms. The Hall–Kier alpha value is -1.12. The summed E-state index contributed by atoms with van der Waals surface area (Å²) in [7, 11) is 0. The lowest BCUT2D eigenvalue weighted by molar-refractivity contribution is 0.195. The van der Waals surface area contributed by atoms with Gasteiger partial charge in [-0.3, -0.25) is 0 Å². The van der Waals surface area contributed by atoms with Crippen molar-refractivity contribution in [2.75, 3.05) is 0 Å². The van der Waals surface area contributed by atoms with Gasteiger partial charge in [0.05, 0.1) is 11.8 Å². The van der Waals surface area contributed by atoms with Crippen molar-refractivity contribution >= 4 is 0 Å². The third kappa shape index (κ3) is 7.63. The van der Waals surface area contributed by atoms with Crippen molar-refractivity contribution in [3.63, 3.8) is 0 Å². The lowest BCUT2D eigenvalue weighted by Crippen LogP contribution is -2.16. The topological polar surface area (TPSA) is 35.0 Å². The molecule has 1 aromatic rings. The van der Waals surface area contributed by atoms with Gasteiger partial charge in [0.15, 0.2) is 0 Å². The maximum Gasteiger partial charge on any atom is 0.233 e. The van der Waals surface area contributed by atoms with E-state index in [2.05, 4.69) is 37.0 Å². The fourth-order valence-corrected chi connectivity index (χ4v) is 4.16. The van der Waals surface area contributed by atoms with E-state index in [0.717, 1.165) is 12.3 Å². The summed E-state index contributed by atoms with van der Waals surface area (Å²) in [6.45, 7) is 6.67. The van der Waals surface area contributed by atoms with Gasteiger partial charge in [0.1, 0.15) is 0 Å². The van der Waals surface area contributed by atoms with Gasteiger partial charge in [-0.25, -0.2) is 0 Å². The first kappa shape index (κ1) is 21.2. The summed E-state index contributed by atoms with van der Waals surface area (Å²) < 4.78 is 5.94. The highest BCUT2D eigenvalue weighted by molar-refractivity contribution is 5.15. The first-order valence-corrected chi connectivity index (χ1v) is 11.2. The first-order valence-electron chi connectivity index (χ1n) is 11.2. The molecule has 148 valence electrons. The van der Waals surface area contributed by atoms with Gasteiger partial charge in [-0.1, -0.05) is 58.8 Å². The van der Waals surface area contributed by atoms with Gasteiger partial charge in [-0.15, -0.1) is 5.10 Å². The smallest absolute Gasteiger partial charge is 0.233 e. The van der Waals surface area contributed by atoms with Gasteiger partial charge in [0.25, 0.3) is 0 Å². The number of ether oxygens (including phenoxy) is 1. The van der Waals surface area contributed by atoms with Crippen LogP contribution in [0.4, 0.5) is 0 Å². The number of unbranched alkanes of at least 4 members (excludes halogenated alkanes) is 5. The molecule has 0 bridgehead atoms. The van der Waals surface area contributed by atoms with Crippen LogP contribution in [-0.4, -0.2) is 16.3 Å². The molecule has 0 aliphatic heterocycles. The highest BCUT2D eigenvalue weighted by Gasteiger charge is 2.23. The van der Waals surface area contributed by atoms with E-state index in [9.17, 15) is 0 Å². The van der Waals surface area contributed by atoms with Crippen molar-refractivity contribution in [3.8, 4) is 5.88 Å². The van der Waals surface area contributed by atoms with Crippen LogP contribution in [0.5, 0.6) is 5.88 Å². The van der Waals surface area contributed by atoms with Gasteiger partial charge in [0.2, 0.25) is 5.88 Å². The van der Waals surface area contributed by atoms with E-state index in [-0.39, 0.29) is 6.10 Å². The third-order valence-corrected chi connectivity index (χ3v) is 5.93. The van der Waals surface area contributed by atoms with Crippen LogP contribution in [-0.2, 0) is 0 Å². The predicted molar refractivity (Wildman–Crippen MR) is 110 cm³/mol.